The molecule has 2 aromatic rings. The lowest BCUT2D eigenvalue weighted by Gasteiger charge is -2.17. The Kier molecular flexibility index (Phi) is 10.5. The summed E-state index contributed by atoms with van der Waals surface area (Å²) in [6, 6.07) is 15.4. The van der Waals surface area contributed by atoms with Crippen LogP contribution < -0.4 is 0 Å². The molecule has 0 N–H and O–H groups in total. The van der Waals surface area contributed by atoms with Gasteiger partial charge in [-0.2, -0.15) is 0 Å². The van der Waals surface area contributed by atoms with E-state index in [1.165, 1.54) is 0 Å². The zero-order valence-corrected chi connectivity index (χ0v) is 18.8. The molecular weight excluding hydrogens is 408 g/mol. The quantitative estimate of drug-likeness (QED) is 0.197. The lowest BCUT2D eigenvalue weighted by atomic mass is 10.0. The molecule has 2 aromatic carbocycles. The second kappa shape index (κ2) is 13.1. The summed E-state index contributed by atoms with van der Waals surface area (Å²) in [5.41, 5.74) is 1.36. The van der Waals surface area contributed by atoms with Gasteiger partial charge in [0.1, 0.15) is 0 Å². The Labute approximate surface area is 189 Å². The van der Waals surface area contributed by atoms with E-state index >= 15 is 0 Å². The fraction of sp³-hybridized carbons (Fsp3) is 0.160. The molecule has 0 aliphatic heterocycles. The van der Waals surface area contributed by atoms with E-state index in [1.54, 1.807) is 23.9 Å². The first-order valence-corrected chi connectivity index (χ1v) is 11.2. The van der Waals surface area contributed by atoms with Crippen LogP contribution in [0.15, 0.2) is 109 Å². The van der Waals surface area contributed by atoms with Crippen LogP contribution >= 0.6 is 23.9 Å². The summed E-state index contributed by atoms with van der Waals surface area (Å²) in [5.74, 6) is 0.0196. The zero-order valence-electron chi connectivity index (χ0n) is 17.2. The Hall–Kier alpha value is -2.31. The Bertz CT molecular complexity index is 768. The van der Waals surface area contributed by atoms with Crippen molar-refractivity contribution >= 4 is 29.7 Å². The van der Waals surface area contributed by atoms with Gasteiger partial charge < -0.3 is 0 Å². The molecule has 0 aromatic heterocycles. The molecular formula is C25H28N2OS2. The van der Waals surface area contributed by atoms with E-state index in [4.69, 9.17) is 0 Å². The smallest absolute Gasteiger partial charge is 0.193 e. The van der Waals surface area contributed by atoms with Gasteiger partial charge in [0.15, 0.2) is 5.78 Å². The van der Waals surface area contributed by atoms with Gasteiger partial charge >= 0.3 is 0 Å². The van der Waals surface area contributed by atoms with E-state index in [1.807, 2.05) is 72.8 Å². The number of benzene rings is 2. The molecule has 0 aliphatic rings. The molecule has 0 atom stereocenters. The maximum Gasteiger partial charge on any atom is 0.193 e. The number of rotatable bonds is 14. The fourth-order valence-corrected chi connectivity index (χ4v) is 4.50. The van der Waals surface area contributed by atoms with Crippen LogP contribution in [0.3, 0.4) is 0 Å². The van der Waals surface area contributed by atoms with E-state index in [2.05, 4.69) is 34.9 Å². The van der Waals surface area contributed by atoms with Crippen LogP contribution in [-0.4, -0.2) is 40.6 Å². The van der Waals surface area contributed by atoms with Crippen molar-refractivity contribution in [2.24, 2.45) is 0 Å². The molecule has 0 fully saturated rings. The molecule has 0 spiro atoms. The van der Waals surface area contributed by atoms with Crippen molar-refractivity contribution < 1.29 is 4.79 Å². The van der Waals surface area contributed by atoms with Crippen molar-refractivity contribution in [3.05, 3.63) is 110 Å². The fourth-order valence-electron chi connectivity index (χ4n) is 2.67. The summed E-state index contributed by atoms with van der Waals surface area (Å²) in [6.45, 7) is 18.2. The van der Waals surface area contributed by atoms with Crippen LogP contribution in [0.4, 0.5) is 0 Å². The predicted octanol–water partition coefficient (Wildman–Crippen LogP) is 6.28. The van der Waals surface area contributed by atoms with Gasteiger partial charge in [0.2, 0.25) is 0 Å². The van der Waals surface area contributed by atoms with Crippen LogP contribution in [0.1, 0.15) is 15.9 Å². The lowest BCUT2D eigenvalue weighted by molar-refractivity contribution is 0.103. The Morgan fingerprint density at radius 2 is 0.933 bits per heavy atom. The third-order valence-corrected chi connectivity index (χ3v) is 6.11. The number of carbonyl (C=O) groups is 1. The van der Waals surface area contributed by atoms with Crippen LogP contribution in [0, 0.1) is 0 Å². The van der Waals surface area contributed by atoms with Crippen molar-refractivity contribution in [3.8, 4) is 0 Å². The maximum atomic E-state index is 12.8. The highest BCUT2D eigenvalue weighted by atomic mass is 32.2. The van der Waals surface area contributed by atoms with E-state index < -0.39 is 0 Å². The molecule has 156 valence electrons. The standard InChI is InChI=1S/C25H28N2OS2/c1-5-17-26(18-6-2)29-23-13-9-21(10-14-23)25(28)22-11-15-24(16-12-22)30-27(19-7-3)20-8-4/h5-16H,1-4,17-20H2. The number of carbonyl (C=O) groups excluding carboxylic acids is 1. The summed E-state index contributed by atoms with van der Waals surface area (Å²) in [5, 5.41) is 0. The van der Waals surface area contributed by atoms with Crippen LogP contribution in [0.5, 0.6) is 0 Å². The SMILES string of the molecule is C=CCN(CC=C)Sc1ccc(C(=O)c2ccc(SN(CC=C)CC=C)cc2)cc1. The van der Waals surface area contributed by atoms with Gasteiger partial charge in [0, 0.05) is 47.1 Å². The summed E-state index contributed by atoms with van der Waals surface area (Å²) in [7, 11) is 0. The van der Waals surface area contributed by atoms with Gasteiger partial charge in [0.05, 0.1) is 0 Å². The monoisotopic (exact) mass is 436 g/mol. The van der Waals surface area contributed by atoms with Crippen molar-refractivity contribution in [1.29, 1.82) is 0 Å². The van der Waals surface area contributed by atoms with Crippen molar-refractivity contribution in [1.82, 2.24) is 8.61 Å². The van der Waals surface area contributed by atoms with Crippen LogP contribution in [0.2, 0.25) is 0 Å². The molecule has 0 bridgehead atoms. The number of hydrogen-bond acceptors (Lipinski definition) is 5. The highest BCUT2D eigenvalue weighted by Gasteiger charge is 2.11. The average Bonchev–Trinajstić information content (AvgIpc) is 2.75. The minimum atomic E-state index is 0.0196. The summed E-state index contributed by atoms with van der Waals surface area (Å²) in [6.07, 6.45) is 7.46. The van der Waals surface area contributed by atoms with E-state index in [-0.39, 0.29) is 5.78 Å². The third kappa shape index (κ3) is 7.50. The number of hydrogen-bond donors (Lipinski definition) is 0. The summed E-state index contributed by atoms with van der Waals surface area (Å²) >= 11 is 3.26. The molecule has 0 heterocycles. The average molecular weight is 437 g/mol. The molecule has 5 heteroatoms. The van der Waals surface area contributed by atoms with Crippen LogP contribution in [0.25, 0.3) is 0 Å². The lowest BCUT2D eigenvalue weighted by Crippen LogP contribution is -2.15. The normalized spacial score (nSPS) is 10.7. The highest BCUT2D eigenvalue weighted by molar-refractivity contribution is 7.97. The number of ketones is 1. The highest BCUT2D eigenvalue weighted by Crippen LogP contribution is 2.25. The number of nitrogens with zero attached hydrogens (tertiary/aromatic N) is 2. The maximum absolute atomic E-state index is 12.8. The Morgan fingerprint density at radius 1 is 0.633 bits per heavy atom. The van der Waals surface area contributed by atoms with Crippen molar-refractivity contribution in [2.75, 3.05) is 26.2 Å². The first-order valence-electron chi connectivity index (χ1n) is 9.65. The summed E-state index contributed by atoms with van der Waals surface area (Å²) < 4.78 is 4.30. The molecule has 0 unspecified atom stereocenters. The molecule has 2 rings (SSSR count). The molecule has 0 saturated heterocycles. The van der Waals surface area contributed by atoms with Gasteiger partial charge in [-0.05, 0) is 72.4 Å². The molecule has 3 nitrogen and oxygen atoms in total. The Morgan fingerprint density at radius 3 is 1.20 bits per heavy atom. The zero-order chi connectivity index (χ0) is 21.8. The minimum absolute atomic E-state index is 0.0196. The molecule has 0 aliphatic carbocycles. The third-order valence-electron chi connectivity index (χ3n) is 4.03. The van der Waals surface area contributed by atoms with Gasteiger partial charge in [0.25, 0.3) is 0 Å². The second-order valence-electron chi connectivity index (χ2n) is 6.41. The first kappa shape index (κ1) is 24.0. The van der Waals surface area contributed by atoms with E-state index in [0.29, 0.717) is 11.1 Å². The molecule has 0 radical (unpaired) electrons. The van der Waals surface area contributed by atoms with E-state index in [9.17, 15) is 4.79 Å². The van der Waals surface area contributed by atoms with Crippen molar-refractivity contribution in [2.45, 2.75) is 9.79 Å². The first-order chi connectivity index (χ1) is 14.6. The second-order valence-corrected chi connectivity index (χ2v) is 8.75. The molecule has 0 saturated carbocycles. The van der Waals surface area contributed by atoms with Crippen molar-refractivity contribution in [3.63, 3.8) is 0 Å². The largest absolute Gasteiger partial charge is 0.289 e. The topological polar surface area (TPSA) is 23.6 Å². The van der Waals surface area contributed by atoms with Crippen LogP contribution in [-0.2, 0) is 0 Å². The van der Waals surface area contributed by atoms with Gasteiger partial charge in [-0.15, -0.1) is 26.3 Å². The predicted molar refractivity (Wildman–Crippen MR) is 132 cm³/mol. The minimum Gasteiger partial charge on any atom is -0.289 e. The van der Waals surface area contributed by atoms with E-state index in [0.717, 1.165) is 36.0 Å². The molecule has 30 heavy (non-hydrogen) atoms. The summed E-state index contributed by atoms with van der Waals surface area (Å²) in [4.78, 5) is 15.0. The van der Waals surface area contributed by atoms with Gasteiger partial charge in [-0.3, -0.25) is 4.79 Å². The van der Waals surface area contributed by atoms with Gasteiger partial charge in [-0.1, -0.05) is 24.3 Å². The van der Waals surface area contributed by atoms with Gasteiger partial charge in [-0.25, -0.2) is 8.61 Å². The Balaban J connectivity index is 2.03. The molecule has 0 amide bonds.